The molecule has 4 heteroatoms. The van der Waals surface area contributed by atoms with Crippen LogP contribution in [-0.2, 0) is 6.61 Å². The van der Waals surface area contributed by atoms with E-state index in [4.69, 9.17) is 9.15 Å². The van der Waals surface area contributed by atoms with Gasteiger partial charge in [0.25, 0.3) is 0 Å². The number of benzene rings is 2. The molecule has 0 N–H and O–H groups in total. The van der Waals surface area contributed by atoms with E-state index in [0.29, 0.717) is 23.7 Å². The van der Waals surface area contributed by atoms with Crippen molar-refractivity contribution in [3.8, 4) is 5.75 Å². The predicted octanol–water partition coefficient (Wildman–Crippen LogP) is 5.83. The Labute approximate surface area is 155 Å². The summed E-state index contributed by atoms with van der Waals surface area (Å²) in [4.78, 5) is 12.2. The average molecular weight is 397 g/mol. The van der Waals surface area contributed by atoms with Crippen molar-refractivity contribution in [3.63, 3.8) is 0 Å². The SMILES string of the molecule is Cc1cccc(C(=O)/C=C/c2ccc(COc3ccccc3Br)o2)c1. The highest BCUT2D eigenvalue weighted by Gasteiger charge is 2.05. The molecule has 0 radical (unpaired) electrons. The predicted molar refractivity (Wildman–Crippen MR) is 102 cm³/mol. The molecule has 0 spiro atoms. The maximum absolute atomic E-state index is 12.2. The van der Waals surface area contributed by atoms with Crippen molar-refractivity contribution in [1.82, 2.24) is 0 Å². The van der Waals surface area contributed by atoms with E-state index < -0.39 is 0 Å². The highest BCUT2D eigenvalue weighted by molar-refractivity contribution is 9.10. The minimum atomic E-state index is -0.0499. The van der Waals surface area contributed by atoms with E-state index in [2.05, 4.69) is 15.9 Å². The van der Waals surface area contributed by atoms with E-state index in [9.17, 15) is 4.79 Å². The van der Waals surface area contributed by atoms with E-state index in [1.165, 1.54) is 6.08 Å². The number of para-hydroxylation sites is 1. The highest BCUT2D eigenvalue weighted by Crippen LogP contribution is 2.25. The lowest BCUT2D eigenvalue weighted by atomic mass is 10.1. The van der Waals surface area contributed by atoms with Crippen molar-refractivity contribution in [2.45, 2.75) is 13.5 Å². The summed E-state index contributed by atoms with van der Waals surface area (Å²) < 4.78 is 12.3. The van der Waals surface area contributed by atoms with Crippen molar-refractivity contribution in [3.05, 3.63) is 93.9 Å². The van der Waals surface area contributed by atoms with E-state index in [1.807, 2.05) is 61.5 Å². The fraction of sp³-hybridized carbons (Fsp3) is 0.0952. The first-order valence-corrected chi connectivity index (χ1v) is 8.66. The number of hydrogen-bond acceptors (Lipinski definition) is 3. The van der Waals surface area contributed by atoms with Gasteiger partial charge in [0.2, 0.25) is 0 Å². The van der Waals surface area contributed by atoms with Crippen molar-refractivity contribution in [2.24, 2.45) is 0 Å². The van der Waals surface area contributed by atoms with Crippen molar-refractivity contribution >= 4 is 27.8 Å². The molecular formula is C21H17BrO3. The number of furan rings is 1. The lowest BCUT2D eigenvalue weighted by molar-refractivity contribution is 0.104. The first-order chi connectivity index (χ1) is 12.1. The number of rotatable bonds is 6. The first-order valence-electron chi connectivity index (χ1n) is 7.87. The molecular weight excluding hydrogens is 380 g/mol. The Hall–Kier alpha value is -2.59. The van der Waals surface area contributed by atoms with Gasteiger partial charge in [-0.15, -0.1) is 0 Å². The Morgan fingerprint density at radius 3 is 2.76 bits per heavy atom. The standard InChI is InChI=1S/C21H17BrO3/c1-15-5-4-6-16(13-15)20(23)12-11-17-9-10-18(25-17)14-24-21-8-3-2-7-19(21)22/h2-13H,14H2,1H3/b12-11+. The Morgan fingerprint density at radius 1 is 1.12 bits per heavy atom. The van der Waals surface area contributed by atoms with Gasteiger partial charge in [-0.25, -0.2) is 0 Å². The monoisotopic (exact) mass is 396 g/mol. The van der Waals surface area contributed by atoms with Gasteiger partial charge < -0.3 is 9.15 Å². The molecule has 3 rings (SSSR count). The van der Waals surface area contributed by atoms with Gasteiger partial charge in [-0.3, -0.25) is 4.79 Å². The fourth-order valence-corrected chi connectivity index (χ4v) is 2.72. The number of halogens is 1. The second-order valence-corrected chi connectivity index (χ2v) is 6.44. The smallest absolute Gasteiger partial charge is 0.185 e. The molecule has 0 unspecified atom stereocenters. The maximum atomic E-state index is 12.2. The van der Waals surface area contributed by atoms with Crippen LogP contribution in [0.25, 0.3) is 6.08 Å². The zero-order valence-electron chi connectivity index (χ0n) is 13.7. The van der Waals surface area contributed by atoms with Crippen LogP contribution in [0.15, 0.2) is 75.6 Å². The normalized spacial score (nSPS) is 11.0. The van der Waals surface area contributed by atoms with Crippen LogP contribution in [0.1, 0.15) is 27.4 Å². The molecule has 25 heavy (non-hydrogen) atoms. The molecule has 3 nitrogen and oxygen atoms in total. The van der Waals surface area contributed by atoms with Crippen molar-refractivity contribution in [2.75, 3.05) is 0 Å². The summed E-state index contributed by atoms with van der Waals surface area (Å²) in [5.41, 5.74) is 1.73. The van der Waals surface area contributed by atoms with E-state index >= 15 is 0 Å². The van der Waals surface area contributed by atoms with Crippen LogP contribution in [0, 0.1) is 6.92 Å². The van der Waals surface area contributed by atoms with Crippen LogP contribution in [0.4, 0.5) is 0 Å². The molecule has 0 bridgehead atoms. The van der Waals surface area contributed by atoms with Gasteiger partial charge in [-0.2, -0.15) is 0 Å². The van der Waals surface area contributed by atoms with Crippen LogP contribution in [0.3, 0.4) is 0 Å². The summed E-state index contributed by atoms with van der Waals surface area (Å²) >= 11 is 3.44. The summed E-state index contributed by atoms with van der Waals surface area (Å²) in [6, 6.07) is 18.8. The van der Waals surface area contributed by atoms with Gasteiger partial charge in [-0.1, -0.05) is 35.9 Å². The molecule has 0 aliphatic rings. The number of ether oxygens (including phenoxy) is 1. The molecule has 0 aliphatic carbocycles. The van der Waals surface area contributed by atoms with E-state index in [-0.39, 0.29) is 5.78 Å². The second-order valence-electron chi connectivity index (χ2n) is 5.59. The van der Waals surface area contributed by atoms with Gasteiger partial charge in [0.1, 0.15) is 23.9 Å². The quantitative estimate of drug-likeness (QED) is 0.388. The third-order valence-electron chi connectivity index (χ3n) is 3.59. The second kappa shape index (κ2) is 7.99. The highest BCUT2D eigenvalue weighted by atomic mass is 79.9. The third-order valence-corrected chi connectivity index (χ3v) is 4.25. The lowest BCUT2D eigenvalue weighted by Crippen LogP contribution is -1.94. The summed E-state index contributed by atoms with van der Waals surface area (Å²) in [5, 5.41) is 0. The van der Waals surface area contributed by atoms with Crippen LogP contribution < -0.4 is 4.74 Å². The van der Waals surface area contributed by atoms with Crippen molar-refractivity contribution < 1.29 is 13.9 Å². The molecule has 1 aromatic heterocycles. The summed E-state index contributed by atoms with van der Waals surface area (Å²) in [7, 11) is 0. The third kappa shape index (κ3) is 4.70. The van der Waals surface area contributed by atoms with Gasteiger partial charge >= 0.3 is 0 Å². The number of aryl methyl sites for hydroxylation is 1. The first kappa shape index (κ1) is 17.2. The van der Waals surface area contributed by atoms with Crippen LogP contribution in [0.5, 0.6) is 5.75 Å². The molecule has 126 valence electrons. The Bertz CT molecular complexity index is 909. The number of ketones is 1. The number of hydrogen-bond donors (Lipinski definition) is 0. The van der Waals surface area contributed by atoms with Crippen LogP contribution >= 0.6 is 15.9 Å². The molecule has 0 fully saturated rings. The molecule has 3 aromatic rings. The molecule has 0 saturated carbocycles. The van der Waals surface area contributed by atoms with Gasteiger partial charge in [0, 0.05) is 5.56 Å². The Kier molecular flexibility index (Phi) is 5.51. The van der Waals surface area contributed by atoms with Gasteiger partial charge in [0.15, 0.2) is 5.78 Å². The average Bonchev–Trinajstić information content (AvgIpc) is 3.07. The minimum Gasteiger partial charge on any atom is -0.484 e. The molecule has 0 saturated heterocycles. The Balaban J connectivity index is 1.61. The summed E-state index contributed by atoms with van der Waals surface area (Å²) in [5.74, 6) is 2.02. The number of allylic oxidation sites excluding steroid dienone is 1. The molecule has 0 amide bonds. The topological polar surface area (TPSA) is 39.4 Å². The fourth-order valence-electron chi connectivity index (χ4n) is 2.32. The number of carbonyl (C=O) groups is 1. The number of carbonyl (C=O) groups excluding carboxylic acids is 1. The molecule has 0 aliphatic heterocycles. The van der Waals surface area contributed by atoms with Crippen LogP contribution in [0.2, 0.25) is 0 Å². The summed E-state index contributed by atoms with van der Waals surface area (Å²) in [6.07, 6.45) is 3.19. The lowest BCUT2D eigenvalue weighted by Gasteiger charge is -2.05. The maximum Gasteiger partial charge on any atom is 0.185 e. The largest absolute Gasteiger partial charge is 0.484 e. The zero-order chi connectivity index (χ0) is 17.6. The van der Waals surface area contributed by atoms with Gasteiger partial charge in [-0.05, 0) is 65.3 Å². The summed E-state index contributed by atoms with van der Waals surface area (Å²) in [6.45, 7) is 2.28. The Morgan fingerprint density at radius 2 is 1.96 bits per heavy atom. The molecule has 2 aromatic carbocycles. The molecule has 1 heterocycles. The molecule has 0 atom stereocenters. The zero-order valence-corrected chi connectivity index (χ0v) is 15.3. The van der Waals surface area contributed by atoms with E-state index in [1.54, 1.807) is 12.1 Å². The van der Waals surface area contributed by atoms with Gasteiger partial charge in [0.05, 0.1) is 4.47 Å². The van der Waals surface area contributed by atoms with E-state index in [0.717, 1.165) is 15.8 Å². The van der Waals surface area contributed by atoms with Crippen molar-refractivity contribution in [1.29, 1.82) is 0 Å². The minimum absolute atomic E-state index is 0.0499. The van der Waals surface area contributed by atoms with Crippen LogP contribution in [-0.4, -0.2) is 5.78 Å².